The van der Waals surface area contributed by atoms with Crippen molar-refractivity contribution in [2.24, 2.45) is 22.2 Å². The van der Waals surface area contributed by atoms with Crippen LogP contribution in [0.5, 0.6) is 0 Å². The van der Waals surface area contributed by atoms with Gasteiger partial charge >= 0.3 is 0 Å². The molecule has 0 bridgehead atoms. The number of rotatable bonds is 5. The molecule has 0 spiro atoms. The predicted molar refractivity (Wildman–Crippen MR) is 73.1 cm³/mol. The van der Waals surface area contributed by atoms with E-state index in [2.05, 4.69) is 15.5 Å². The smallest absolute Gasteiger partial charge is 0.233 e. The van der Waals surface area contributed by atoms with E-state index in [4.69, 9.17) is 10.9 Å². The lowest BCUT2D eigenvalue weighted by molar-refractivity contribution is -0.133. The second kappa shape index (κ2) is 5.56. The number of oxime groups is 1. The molecule has 6 nitrogen and oxygen atoms in total. The van der Waals surface area contributed by atoms with Gasteiger partial charge in [-0.1, -0.05) is 12.1 Å². The van der Waals surface area contributed by atoms with Crippen LogP contribution in [-0.4, -0.2) is 28.5 Å². The van der Waals surface area contributed by atoms with Gasteiger partial charge in [0, 0.05) is 18.3 Å². The van der Waals surface area contributed by atoms with Crippen LogP contribution >= 0.6 is 11.3 Å². The molecular formula is C12H18N4O2S. The number of hydrogen-bond donors (Lipinski definition) is 3. The third-order valence-corrected chi connectivity index (χ3v) is 4.21. The first-order valence-corrected chi connectivity index (χ1v) is 7.16. The summed E-state index contributed by atoms with van der Waals surface area (Å²) in [6.07, 6.45) is 1.95. The molecule has 1 amide bonds. The van der Waals surface area contributed by atoms with E-state index >= 15 is 0 Å². The molecule has 0 saturated heterocycles. The highest BCUT2D eigenvalue weighted by Gasteiger charge is 2.51. The summed E-state index contributed by atoms with van der Waals surface area (Å²) in [4.78, 5) is 16.4. The molecular weight excluding hydrogens is 264 g/mol. The summed E-state index contributed by atoms with van der Waals surface area (Å²) in [7, 11) is 0. The Balaban J connectivity index is 1.90. The van der Waals surface area contributed by atoms with Crippen LogP contribution in [0.3, 0.4) is 0 Å². The summed E-state index contributed by atoms with van der Waals surface area (Å²) in [5.41, 5.74) is 7.58. The first-order chi connectivity index (χ1) is 9.08. The predicted octanol–water partition coefficient (Wildman–Crippen LogP) is 0.964. The second-order valence-electron chi connectivity index (χ2n) is 5.07. The van der Waals surface area contributed by atoms with Crippen LogP contribution in [0.1, 0.15) is 25.5 Å². The average Bonchev–Trinajstić information content (AvgIpc) is 2.86. The van der Waals surface area contributed by atoms with Crippen molar-refractivity contribution in [2.45, 2.75) is 26.2 Å². The number of carbonyl (C=O) groups is 1. The standard InChI is InChI=1S/C12H18N4O2S/c1-8-4-12(5-8,10(13)16-18)11(17)14-3-2-9-6-19-7-15-9/h6-8,18H,2-5H2,1H3,(H2,13,16)(H,14,17). The number of hydrogen-bond acceptors (Lipinski definition) is 5. The van der Waals surface area contributed by atoms with Gasteiger partial charge in [-0.25, -0.2) is 4.98 Å². The summed E-state index contributed by atoms with van der Waals surface area (Å²) in [6.45, 7) is 2.56. The van der Waals surface area contributed by atoms with Crippen LogP contribution in [0.2, 0.25) is 0 Å². The molecule has 7 heteroatoms. The van der Waals surface area contributed by atoms with Crippen molar-refractivity contribution in [3.05, 3.63) is 16.6 Å². The molecule has 1 aliphatic carbocycles. The lowest BCUT2D eigenvalue weighted by atomic mass is 9.61. The van der Waals surface area contributed by atoms with Crippen molar-refractivity contribution in [3.8, 4) is 0 Å². The van der Waals surface area contributed by atoms with Gasteiger partial charge in [-0.3, -0.25) is 4.79 Å². The lowest BCUT2D eigenvalue weighted by Crippen LogP contribution is -2.57. The minimum atomic E-state index is -0.823. The van der Waals surface area contributed by atoms with Crippen LogP contribution in [0.4, 0.5) is 0 Å². The highest BCUT2D eigenvalue weighted by Crippen LogP contribution is 2.45. The summed E-state index contributed by atoms with van der Waals surface area (Å²) in [5, 5.41) is 16.6. The topological polar surface area (TPSA) is 101 Å². The molecule has 104 valence electrons. The molecule has 1 fully saturated rings. The number of thiazole rings is 1. The SMILES string of the molecule is CC1CC(C(=O)NCCc2cscn2)(C(N)=NO)C1. The Kier molecular flexibility index (Phi) is 4.04. The molecule has 1 saturated carbocycles. The van der Waals surface area contributed by atoms with Crippen molar-refractivity contribution in [1.29, 1.82) is 0 Å². The Morgan fingerprint density at radius 3 is 3.00 bits per heavy atom. The van der Waals surface area contributed by atoms with Gasteiger partial charge in [0.1, 0.15) is 5.41 Å². The van der Waals surface area contributed by atoms with Gasteiger partial charge in [-0.05, 0) is 18.8 Å². The molecule has 0 aliphatic heterocycles. The zero-order chi connectivity index (χ0) is 13.9. The zero-order valence-corrected chi connectivity index (χ0v) is 11.6. The maximum atomic E-state index is 12.2. The van der Waals surface area contributed by atoms with E-state index < -0.39 is 5.41 Å². The van der Waals surface area contributed by atoms with E-state index in [1.54, 1.807) is 5.51 Å². The summed E-state index contributed by atoms with van der Waals surface area (Å²) in [5.74, 6) is 0.275. The van der Waals surface area contributed by atoms with Crippen LogP contribution in [-0.2, 0) is 11.2 Å². The fourth-order valence-electron chi connectivity index (χ4n) is 2.57. The van der Waals surface area contributed by atoms with Gasteiger partial charge in [0.15, 0.2) is 5.84 Å². The number of aromatic nitrogens is 1. The summed E-state index contributed by atoms with van der Waals surface area (Å²) >= 11 is 1.53. The van der Waals surface area contributed by atoms with Crippen LogP contribution in [0, 0.1) is 11.3 Å². The van der Waals surface area contributed by atoms with Crippen molar-refractivity contribution >= 4 is 23.1 Å². The number of nitrogens with one attached hydrogen (secondary N) is 1. The van der Waals surface area contributed by atoms with Gasteiger partial charge < -0.3 is 16.3 Å². The first kappa shape index (κ1) is 13.8. The van der Waals surface area contributed by atoms with Crippen molar-refractivity contribution in [1.82, 2.24) is 10.3 Å². The summed E-state index contributed by atoms with van der Waals surface area (Å²) in [6, 6.07) is 0. The molecule has 0 aromatic carbocycles. The molecule has 0 radical (unpaired) electrons. The van der Waals surface area contributed by atoms with Gasteiger partial charge in [0.2, 0.25) is 5.91 Å². The number of nitrogens with zero attached hydrogens (tertiary/aromatic N) is 2. The molecule has 1 heterocycles. The van der Waals surface area contributed by atoms with Crippen LogP contribution in [0.15, 0.2) is 16.0 Å². The second-order valence-corrected chi connectivity index (χ2v) is 5.79. The normalized spacial score (nSPS) is 26.8. The first-order valence-electron chi connectivity index (χ1n) is 6.22. The fraction of sp³-hybridized carbons (Fsp3) is 0.583. The van der Waals surface area contributed by atoms with Crippen molar-refractivity contribution < 1.29 is 10.0 Å². The van der Waals surface area contributed by atoms with E-state index in [9.17, 15) is 4.79 Å². The quantitative estimate of drug-likeness (QED) is 0.324. The number of nitrogens with two attached hydrogens (primary N) is 1. The van der Waals surface area contributed by atoms with Gasteiger partial charge in [0.25, 0.3) is 0 Å². The Morgan fingerprint density at radius 1 is 1.74 bits per heavy atom. The van der Waals surface area contributed by atoms with E-state index in [1.165, 1.54) is 11.3 Å². The molecule has 0 unspecified atom stereocenters. The van der Waals surface area contributed by atoms with Crippen molar-refractivity contribution in [2.75, 3.05) is 6.54 Å². The Bertz CT molecular complexity index is 466. The van der Waals surface area contributed by atoms with Crippen LogP contribution < -0.4 is 11.1 Å². The summed E-state index contributed by atoms with van der Waals surface area (Å²) < 4.78 is 0. The monoisotopic (exact) mass is 282 g/mol. The Morgan fingerprint density at radius 2 is 2.47 bits per heavy atom. The number of amides is 1. The third kappa shape index (κ3) is 2.70. The lowest BCUT2D eigenvalue weighted by Gasteiger charge is -2.43. The maximum absolute atomic E-state index is 12.2. The number of amidine groups is 1. The van der Waals surface area contributed by atoms with Gasteiger partial charge in [0.05, 0.1) is 11.2 Å². The molecule has 1 aromatic heterocycles. The average molecular weight is 282 g/mol. The van der Waals surface area contributed by atoms with E-state index in [1.807, 2.05) is 12.3 Å². The van der Waals surface area contributed by atoms with Gasteiger partial charge in [-0.2, -0.15) is 0 Å². The highest BCUT2D eigenvalue weighted by molar-refractivity contribution is 7.07. The Labute approximate surface area is 115 Å². The molecule has 4 N–H and O–H groups in total. The van der Waals surface area contributed by atoms with Gasteiger partial charge in [-0.15, -0.1) is 11.3 Å². The zero-order valence-electron chi connectivity index (χ0n) is 10.8. The largest absolute Gasteiger partial charge is 0.409 e. The minimum absolute atomic E-state index is 0.0109. The van der Waals surface area contributed by atoms with E-state index in [0.29, 0.717) is 31.7 Å². The van der Waals surface area contributed by atoms with E-state index in [0.717, 1.165) is 5.69 Å². The van der Waals surface area contributed by atoms with Crippen LogP contribution in [0.25, 0.3) is 0 Å². The molecule has 0 atom stereocenters. The minimum Gasteiger partial charge on any atom is -0.409 e. The third-order valence-electron chi connectivity index (χ3n) is 3.58. The van der Waals surface area contributed by atoms with Crippen molar-refractivity contribution in [3.63, 3.8) is 0 Å². The Hall–Kier alpha value is -1.63. The number of carbonyl (C=O) groups excluding carboxylic acids is 1. The highest BCUT2D eigenvalue weighted by atomic mass is 32.1. The van der Waals surface area contributed by atoms with E-state index in [-0.39, 0.29) is 11.7 Å². The molecule has 1 aliphatic rings. The molecule has 19 heavy (non-hydrogen) atoms. The maximum Gasteiger partial charge on any atom is 0.233 e. The molecule has 1 aromatic rings. The fourth-order valence-corrected chi connectivity index (χ4v) is 3.16. The molecule has 2 rings (SSSR count).